The lowest BCUT2D eigenvalue weighted by Crippen LogP contribution is -2.30. The van der Waals surface area contributed by atoms with Crippen LogP contribution in [-0.4, -0.2) is 29.5 Å². The molecule has 2 aromatic carbocycles. The van der Waals surface area contributed by atoms with Crippen LogP contribution in [-0.2, 0) is 9.53 Å². The first-order valence-electron chi connectivity index (χ1n) is 8.11. The minimum absolute atomic E-state index is 0.00632. The van der Waals surface area contributed by atoms with Crippen LogP contribution in [0.1, 0.15) is 24.2 Å². The van der Waals surface area contributed by atoms with E-state index in [2.05, 4.69) is 5.32 Å². The number of carbonyl (C=O) groups excluding carboxylic acids is 2. The maximum Gasteiger partial charge on any atom is 0.339 e. The van der Waals surface area contributed by atoms with Crippen LogP contribution >= 0.6 is 0 Å². The Morgan fingerprint density at radius 2 is 1.89 bits per heavy atom. The third-order valence-electron chi connectivity index (χ3n) is 3.53. The molecule has 2 rings (SSSR count). The zero-order valence-corrected chi connectivity index (χ0v) is 14.9. The smallest absolute Gasteiger partial charge is 0.339 e. The van der Waals surface area contributed by atoms with Gasteiger partial charge in [-0.15, -0.1) is 0 Å². The summed E-state index contributed by atoms with van der Waals surface area (Å²) in [5, 5.41) is 13.4. The highest BCUT2D eigenvalue weighted by Gasteiger charge is 2.23. The van der Waals surface area contributed by atoms with E-state index in [1.807, 2.05) is 0 Å². The summed E-state index contributed by atoms with van der Waals surface area (Å²) in [4.78, 5) is 34.6. The van der Waals surface area contributed by atoms with Gasteiger partial charge in [0.05, 0.1) is 17.1 Å². The predicted octanol–water partition coefficient (Wildman–Crippen LogP) is 3.46. The SMILES string of the molecule is CCOc1ccc(C(=O)O[C@@H](C)C(=O)Nc2ccc(F)c(F)c2)cc1[N+](=O)[O-]. The van der Waals surface area contributed by atoms with Crippen molar-refractivity contribution >= 4 is 23.3 Å². The first kappa shape index (κ1) is 20.7. The number of esters is 1. The summed E-state index contributed by atoms with van der Waals surface area (Å²) in [6, 6.07) is 6.25. The summed E-state index contributed by atoms with van der Waals surface area (Å²) in [7, 11) is 0. The van der Waals surface area contributed by atoms with Gasteiger partial charge in [0.25, 0.3) is 5.91 Å². The van der Waals surface area contributed by atoms with Crippen LogP contribution in [0.25, 0.3) is 0 Å². The summed E-state index contributed by atoms with van der Waals surface area (Å²) in [6.45, 7) is 3.11. The summed E-state index contributed by atoms with van der Waals surface area (Å²) in [5.41, 5.74) is -0.596. The van der Waals surface area contributed by atoms with Crippen LogP contribution < -0.4 is 10.1 Å². The molecule has 0 saturated heterocycles. The van der Waals surface area contributed by atoms with Gasteiger partial charge in [-0.1, -0.05) is 0 Å². The van der Waals surface area contributed by atoms with Gasteiger partial charge >= 0.3 is 11.7 Å². The number of ether oxygens (including phenoxy) is 2. The van der Waals surface area contributed by atoms with E-state index in [1.54, 1.807) is 6.92 Å². The fraction of sp³-hybridized carbons (Fsp3) is 0.222. The molecule has 1 atom stereocenters. The first-order valence-corrected chi connectivity index (χ1v) is 8.11. The topological polar surface area (TPSA) is 108 Å². The third-order valence-corrected chi connectivity index (χ3v) is 3.53. The molecule has 2 aromatic rings. The van der Waals surface area contributed by atoms with Gasteiger partial charge in [0.1, 0.15) is 0 Å². The number of benzene rings is 2. The van der Waals surface area contributed by atoms with Crippen LogP contribution in [0.4, 0.5) is 20.2 Å². The average molecular weight is 394 g/mol. The van der Waals surface area contributed by atoms with Crippen molar-refractivity contribution in [3.63, 3.8) is 0 Å². The summed E-state index contributed by atoms with van der Waals surface area (Å²) in [6.07, 6.45) is -1.30. The highest BCUT2D eigenvalue weighted by Crippen LogP contribution is 2.28. The highest BCUT2D eigenvalue weighted by atomic mass is 19.2. The van der Waals surface area contributed by atoms with Crippen molar-refractivity contribution in [2.45, 2.75) is 20.0 Å². The first-order chi connectivity index (χ1) is 13.2. The van der Waals surface area contributed by atoms with E-state index < -0.39 is 40.2 Å². The van der Waals surface area contributed by atoms with Gasteiger partial charge < -0.3 is 14.8 Å². The Morgan fingerprint density at radius 1 is 1.18 bits per heavy atom. The molecule has 0 saturated carbocycles. The molecule has 148 valence electrons. The molecule has 10 heteroatoms. The molecule has 1 amide bonds. The van der Waals surface area contributed by atoms with E-state index in [-0.39, 0.29) is 23.6 Å². The van der Waals surface area contributed by atoms with Crippen molar-refractivity contribution in [3.05, 3.63) is 63.7 Å². The largest absolute Gasteiger partial charge is 0.487 e. The number of amides is 1. The number of hydrogen-bond acceptors (Lipinski definition) is 6. The number of anilines is 1. The lowest BCUT2D eigenvalue weighted by molar-refractivity contribution is -0.385. The number of rotatable bonds is 7. The zero-order chi connectivity index (χ0) is 20.8. The Hall–Kier alpha value is -3.56. The molecular weight excluding hydrogens is 378 g/mol. The molecule has 0 bridgehead atoms. The van der Waals surface area contributed by atoms with Gasteiger partial charge in [0.2, 0.25) is 0 Å². The van der Waals surface area contributed by atoms with E-state index >= 15 is 0 Å². The maximum atomic E-state index is 13.2. The monoisotopic (exact) mass is 394 g/mol. The molecule has 28 heavy (non-hydrogen) atoms. The molecule has 0 aliphatic rings. The zero-order valence-electron chi connectivity index (χ0n) is 14.9. The van der Waals surface area contributed by atoms with E-state index in [0.29, 0.717) is 0 Å². The standard InChI is InChI=1S/C18H16F2N2O6/c1-3-27-16-7-4-11(8-15(16)22(25)26)18(24)28-10(2)17(23)21-12-5-6-13(19)14(20)9-12/h4-10H,3H2,1-2H3,(H,21,23)/t10-/m0/s1. The van der Waals surface area contributed by atoms with Gasteiger partial charge in [0, 0.05) is 17.8 Å². The Morgan fingerprint density at radius 3 is 2.50 bits per heavy atom. The van der Waals surface area contributed by atoms with E-state index in [0.717, 1.165) is 24.3 Å². The summed E-state index contributed by atoms with van der Waals surface area (Å²) in [5.74, 6) is -3.99. The molecule has 1 N–H and O–H groups in total. The molecule has 0 radical (unpaired) electrons. The lowest BCUT2D eigenvalue weighted by atomic mass is 10.2. The maximum absolute atomic E-state index is 13.2. The second-order valence-corrected chi connectivity index (χ2v) is 5.54. The fourth-order valence-corrected chi connectivity index (χ4v) is 2.16. The number of nitro benzene ring substituents is 1. The number of nitrogens with one attached hydrogen (secondary N) is 1. The van der Waals surface area contributed by atoms with Gasteiger partial charge in [-0.25, -0.2) is 13.6 Å². The molecule has 0 spiro atoms. The van der Waals surface area contributed by atoms with Crippen LogP contribution in [0.3, 0.4) is 0 Å². The Labute approximate surface area is 158 Å². The van der Waals surface area contributed by atoms with Crippen molar-refractivity contribution in [2.24, 2.45) is 0 Å². The van der Waals surface area contributed by atoms with Gasteiger partial charge in [0.15, 0.2) is 23.5 Å². The number of halogens is 2. The van der Waals surface area contributed by atoms with Crippen molar-refractivity contribution in [1.82, 2.24) is 0 Å². The van der Waals surface area contributed by atoms with Crippen LogP contribution in [0.2, 0.25) is 0 Å². The average Bonchev–Trinajstić information content (AvgIpc) is 2.64. The van der Waals surface area contributed by atoms with E-state index in [1.165, 1.54) is 19.1 Å². The Kier molecular flexibility index (Phi) is 6.59. The third kappa shape index (κ3) is 5.00. The van der Waals surface area contributed by atoms with Gasteiger partial charge in [-0.3, -0.25) is 14.9 Å². The summed E-state index contributed by atoms with van der Waals surface area (Å²) < 4.78 is 36.2. The number of nitro groups is 1. The Balaban J connectivity index is 2.08. The number of hydrogen-bond donors (Lipinski definition) is 1. The second-order valence-electron chi connectivity index (χ2n) is 5.54. The predicted molar refractivity (Wildman–Crippen MR) is 94.1 cm³/mol. The van der Waals surface area contributed by atoms with Crippen molar-refractivity contribution in [1.29, 1.82) is 0 Å². The highest BCUT2D eigenvalue weighted by molar-refractivity contribution is 5.97. The molecule has 0 fully saturated rings. The quantitative estimate of drug-likeness (QED) is 0.438. The molecule has 8 nitrogen and oxygen atoms in total. The molecule has 0 aliphatic carbocycles. The Bertz CT molecular complexity index is 919. The second kappa shape index (κ2) is 8.89. The molecule has 0 heterocycles. The normalized spacial score (nSPS) is 11.4. The van der Waals surface area contributed by atoms with E-state index in [9.17, 15) is 28.5 Å². The van der Waals surface area contributed by atoms with Crippen LogP contribution in [0.15, 0.2) is 36.4 Å². The van der Waals surface area contributed by atoms with Crippen molar-refractivity contribution in [2.75, 3.05) is 11.9 Å². The molecule has 0 aliphatic heterocycles. The molecule has 0 aromatic heterocycles. The number of carbonyl (C=O) groups is 2. The van der Waals surface area contributed by atoms with Crippen molar-refractivity contribution in [3.8, 4) is 5.75 Å². The minimum Gasteiger partial charge on any atom is -0.487 e. The number of nitrogens with zero attached hydrogens (tertiary/aromatic N) is 1. The fourth-order valence-electron chi connectivity index (χ4n) is 2.16. The van der Waals surface area contributed by atoms with Crippen molar-refractivity contribution < 1.29 is 32.8 Å². The lowest BCUT2D eigenvalue weighted by Gasteiger charge is -2.14. The molecule has 0 unspecified atom stereocenters. The summed E-state index contributed by atoms with van der Waals surface area (Å²) >= 11 is 0. The molecular formula is C18H16F2N2O6. The van der Waals surface area contributed by atoms with E-state index in [4.69, 9.17) is 9.47 Å². The van der Waals surface area contributed by atoms with Crippen LogP contribution in [0.5, 0.6) is 5.75 Å². The van der Waals surface area contributed by atoms with Gasteiger partial charge in [-0.2, -0.15) is 0 Å². The van der Waals surface area contributed by atoms with Gasteiger partial charge in [-0.05, 0) is 38.1 Å². The van der Waals surface area contributed by atoms with Crippen LogP contribution in [0, 0.1) is 21.7 Å². The minimum atomic E-state index is -1.30.